The quantitative estimate of drug-likeness (QED) is 0.443. The fraction of sp³-hybridized carbons (Fsp3) is 0.222. The van der Waals surface area contributed by atoms with Crippen molar-refractivity contribution in [3.05, 3.63) is 62.5 Å². The first-order valence-corrected chi connectivity index (χ1v) is 10.2. The lowest BCUT2D eigenvalue weighted by Gasteiger charge is -2.07. The zero-order valence-electron chi connectivity index (χ0n) is 13.9. The van der Waals surface area contributed by atoms with E-state index < -0.39 is 0 Å². The van der Waals surface area contributed by atoms with E-state index in [1.807, 2.05) is 43.3 Å². The van der Waals surface area contributed by atoms with Gasteiger partial charge in [-0.3, -0.25) is 4.79 Å². The molecule has 0 fully saturated rings. The van der Waals surface area contributed by atoms with E-state index in [-0.39, 0.29) is 5.91 Å². The van der Waals surface area contributed by atoms with E-state index in [1.165, 1.54) is 5.56 Å². The number of methoxy groups -OCH3 is 1. The fourth-order valence-electron chi connectivity index (χ4n) is 2.02. The number of hydrazone groups is 1. The number of carbonyl (C=O) groups excluding carboxylic acids is 1. The second kappa shape index (κ2) is 9.99. The maximum absolute atomic E-state index is 11.9. The number of ether oxygens (including phenoxy) is 1. The Morgan fingerprint density at radius 1 is 1.24 bits per heavy atom. The maximum atomic E-state index is 11.9. The van der Waals surface area contributed by atoms with Gasteiger partial charge in [-0.15, -0.1) is 11.8 Å². The lowest BCUT2D eigenvalue weighted by Crippen LogP contribution is -2.21. The first-order valence-electron chi connectivity index (χ1n) is 7.49. The van der Waals surface area contributed by atoms with Gasteiger partial charge in [-0.05, 0) is 64.3 Å². The number of hydrogen-bond acceptors (Lipinski definition) is 4. The predicted octanol–water partition coefficient (Wildman–Crippen LogP) is 4.99. The minimum atomic E-state index is -0.119. The molecule has 1 amide bonds. The number of benzene rings is 2. The van der Waals surface area contributed by atoms with Crippen LogP contribution in [0.25, 0.3) is 0 Å². The SMILES string of the molecule is COc1ccc(/C(C)=N\NC(=O)CSCc2cccc(Br)c2)cc1Br. The third-order valence-corrected chi connectivity index (χ3v) is 5.43. The molecule has 0 radical (unpaired) electrons. The summed E-state index contributed by atoms with van der Waals surface area (Å²) in [7, 11) is 1.62. The standard InChI is InChI=1S/C18H18Br2N2O2S/c1-12(14-6-7-17(24-2)16(20)9-14)21-22-18(23)11-25-10-13-4-3-5-15(19)8-13/h3-9H,10-11H2,1-2H3,(H,22,23)/b21-12-. The molecule has 0 unspecified atom stereocenters. The first kappa shape index (κ1) is 20.0. The van der Waals surface area contributed by atoms with E-state index in [0.717, 1.165) is 31.7 Å². The van der Waals surface area contributed by atoms with Gasteiger partial charge in [0.2, 0.25) is 5.91 Å². The summed E-state index contributed by atoms with van der Waals surface area (Å²) in [5, 5.41) is 4.17. The van der Waals surface area contributed by atoms with E-state index in [2.05, 4.69) is 48.5 Å². The van der Waals surface area contributed by atoms with Crippen molar-refractivity contribution < 1.29 is 9.53 Å². The molecule has 132 valence electrons. The van der Waals surface area contributed by atoms with Crippen molar-refractivity contribution in [3.63, 3.8) is 0 Å². The number of amides is 1. The monoisotopic (exact) mass is 484 g/mol. The maximum Gasteiger partial charge on any atom is 0.250 e. The van der Waals surface area contributed by atoms with Crippen LogP contribution in [0.2, 0.25) is 0 Å². The molecule has 0 aromatic heterocycles. The molecule has 4 nitrogen and oxygen atoms in total. The van der Waals surface area contributed by atoms with Crippen LogP contribution >= 0.6 is 43.6 Å². The number of hydrogen-bond donors (Lipinski definition) is 1. The van der Waals surface area contributed by atoms with E-state index in [4.69, 9.17) is 4.74 Å². The second-order valence-electron chi connectivity index (χ2n) is 5.20. The van der Waals surface area contributed by atoms with Crippen LogP contribution in [0.5, 0.6) is 5.75 Å². The summed E-state index contributed by atoms with van der Waals surface area (Å²) in [6.07, 6.45) is 0. The van der Waals surface area contributed by atoms with Gasteiger partial charge in [0.05, 0.1) is 23.0 Å². The lowest BCUT2D eigenvalue weighted by molar-refractivity contribution is -0.118. The topological polar surface area (TPSA) is 50.7 Å². The molecular formula is C18H18Br2N2O2S. The van der Waals surface area contributed by atoms with E-state index >= 15 is 0 Å². The van der Waals surface area contributed by atoms with Gasteiger partial charge in [0.25, 0.3) is 0 Å². The molecule has 0 saturated carbocycles. The van der Waals surface area contributed by atoms with Crippen LogP contribution in [0.15, 0.2) is 56.5 Å². The number of halogens is 2. The van der Waals surface area contributed by atoms with E-state index in [1.54, 1.807) is 18.9 Å². The van der Waals surface area contributed by atoms with Crippen LogP contribution < -0.4 is 10.2 Å². The Balaban J connectivity index is 1.83. The molecule has 25 heavy (non-hydrogen) atoms. The first-order chi connectivity index (χ1) is 12.0. The predicted molar refractivity (Wildman–Crippen MR) is 111 cm³/mol. The summed E-state index contributed by atoms with van der Waals surface area (Å²) >= 11 is 8.44. The Labute approximate surface area is 168 Å². The van der Waals surface area contributed by atoms with Gasteiger partial charge in [-0.1, -0.05) is 28.1 Å². The molecule has 0 bridgehead atoms. The van der Waals surface area contributed by atoms with Crippen LogP contribution in [0.3, 0.4) is 0 Å². The van der Waals surface area contributed by atoms with Crippen molar-refractivity contribution >= 4 is 55.2 Å². The van der Waals surface area contributed by atoms with Crippen LogP contribution in [0, 0.1) is 0 Å². The van der Waals surface area contributed by atoms with Crippen LogP contribution in [-0.2, 0) is 10.5 Å². The number of nitrogens with zero attached hydrogens (tertiary/aromatic N) is 1. The number of carbonyl (C=O) groups is 1. The summed E-state index contributed by atoms with van der Waals surface area (Å²) in [5.74, 6) is 1.77. The highest BCUT2D eigenvalue weighted by Gasteiger charge is 2.05. The highest BCUT2D eigenvalue weighted by molar-refractivity contribution is 9.10. The van der Waals surface area contributed by atoms with Gasteiger partial charge in [-0.25, -0.2) is 5.43 Å². The van der Waals surface area contributed by atoms with Gasteiger partial charge in [0.15, 0.2) is 0 Å². The summed E-state index contributed by atoms with van der Waals surface area (Å²) in [4.78, 5) is 11.9. The van der Waals surface area contributed by atoms with Crippen LogP contribution in [0.4, 0.5) is 0 Å². The molecular weight excluding hydrogens is 468 g/mol. The molecule has 0 aliphatic heterocycles. The number of rotatable bonds is 7. The minimum absolute atomic E-state index is 0.119. The van der Waals surface area contributed by atoms with Gasteiger partial charge >= 0.3 is 0 Å². The molecule has 0 aliphatic rings. The third kappa shape index (κ3) is 6.49. The van der Waals surface area contributed by atoms with Crippen LogP contribution in [0.1, 0.15) is 18.1 Å². The average Bonchev–Trinajstić information content (AvgIpc) is 2.59. The van der Waals surface area contributed by atoms with E-state index in [0.29, 0.717) is 5.75 Å². The largest absolute Gasteiger partial charge is 0.496 e. The third-order valence-electron chi connectivity index (χ3n) is 3.31. The lowest BCUT2D eigenvalue weighted by atomic mass is 10.1. The van der Waals surface area contributed by atoms with Crippen molar-refractivity contribution in [2.24, 2.45) is 5.10 Å². The summed E-state index contributed by atoms with van der Waals surface area (Å²) in [6.45, 7) is 1.85. The fourth-order valence-corrected chi connectivity index (χ4v) is 3.78. The number of thioether (sulfide) groups is 1. The molecule has 2 aromatic rings. The normalized spacial score (nSPS) is 11.3. The molecule has 0 spiro atoms. The number of nitrogens with one attached hydrogen (secondary N) is 1. The Morgan fingerprint density at radius 2 is 2.04 bits per heavy atom. The van der Waals surface area contributed by atoms with Crippen molar-refractivity contribution in [3.8, 4) is 5.75 Å². The van der Waals surface area contributed by atoms with Crippen molar-refractivity contribution in [2.45, 2.75) is 12.7 Å². The Morgan fingerprint density at radius 3 is 2.72 bits per heavy atom. The average molecular weight is 486 g/mol. The molecule has 0 aliphatic carbocycles. The zero-order valence-corrected chi connectivity index (χ0v) is 17.9. The van der Waals surface area contributed by atoms with Gasteiger partial charge in [0, 0.05) is 10.2 Å². The second-order valence-corrected chi connectivity index (χ2v) is 7.96. The molecule has 7 heteroatoms. The summed E-state index contributed by atoms with van der Waals surface area (Å²) in [6, 6.07) is 13.7. The van der Waals surface area contributed by atoms with Crippen molar-refractivity contribution in [1.82, 2.24) is 5.43 Å². The molecule has 0 atom stereocenters. The Hall–Kier alpha value is -1.31. The van der Waals surface area contributed by atoms with Crippen molar-refractivity contribution in [1.29, 1.82) is 0 Å². The molecule has 1 N–H and O–H groups in total. The minimum Gasteiger partial charge on any atom is -0.496 e. The highest BCUT2D eigenvalue weighted by atomic mass is 79.9. The Bertz CT molecular complexity index is 781. The summed E-state index contributed by atoms with van der Waals surface area (Å²) < 4.78 is 7.09. The highest BCUT2D eigenvalue weighted by Crippen LogP contribution is 2.25. The van der Waals surface area contributed by atoms with Crippen molar-refractivity contribution in [2.75, 3.05) is 12.9 Å². The zero-order chi connectivity index (χ0) is 18.2. The van der Waals surface area contributed by atoms with Gasteiger partial charge < -0.3 is 4.74 Å². The molecule has 0 saturated heterocycles. The van der Waals surface area contributed by atoms with Gasteiger partial charge in [0.1, 0.15) is 5.75 Å². The van der Waals surface area contributed by atoms with Gasteiger partial charge in [-0.2, -0.15) is 5.10 Å². The molecule has 2 rings (SSSR count). The molecule has 2 aromatic carbocycles. The summed E-state index contributed by atoms with van der Waals surface area (Å²) in [5.41, 5.74) is 5.42. The molecule has 0 heterocycles. The van der Waals surface area contributed by atoms with E-state index in [9.17, 15) is 4.79 Å². The van der Waals surface area contributed by atoms with Crippen LogP contribution in [-0.4, -0.2) is 24.5 Å². The smallest absolute Gasteiger partial charge is 0.250 e. The Kier molecular flexibility index (Phi) is 7.99.